The van der Waals surface area contributed by atoms with E-state index in [2.05, 4.69) is 24.8 Å². The molecule has 1 aliphatic carbocycles. The molecule has 1 saturated carbocycles. The molecule has 1 N–H and O–H groups in total. The third-order valence-corrected chi connectivity index (χ3v) is 6.49. The summed E-state index contributed by atoms with van der Waals surface area (Å²) in [5.41, 5.74) is -0.0920. The van der Waals surface area contributed by atoms with E-state index in [0.29, 0.717) is 17.7 Å². The zero-order valence-electron chi connectivity index (χ0n) is 15.9. The number of anilines is 1. The third kappa shape index (κ3) is 3.98. The molecule has 0 amide bonds. The molecule has 0 spiro atoms. The molecule has 6 nitrogen and oxygen atoms in total. The van der Waals surface area contributed by atoms with Crippen molar-refractivity contribution in [3.8, 4) is 5.88 Å². The Balaban J connectivity index is 1.38. The Morgan fingerprint density at radius 3 is 2.76 bits per heavy atom. The molecule has 0 atom stereocenters. The molecule has 0 saturated heterocycles. The van der Waals surface area contributed by atoms with Gasteiger partial charge in [0.2, 0.25) is 5.88 Å². The summed E-state index contributed by atoms with van der Waals surface area (Å²) in [6, 6.07) is 5.16. The number of nitrogens with zero attached hydrogens (tertiary/aromatic N) is 4. The SMILES string of the molecule is COc1ccc(SCC2CC(N(C)c3ncnc4[nH]ccc34)C2)c(C(F)(F)F)n1. The minimum absolute atomic E-state index is 0.0343. The first-order valence-electron chi connectivity index (χ1n) is 9.12. The lowest BCUT2D eigenvalue weighted by molar-refractivity contribution is -0.143. The summed E-state index contributed by atoms with van der Waals surface area (Å²) in [6.45, 7) is 0. The molecule has 3 heterocycles. The standard InChI is InChI=1S/C19H20F3N5OS/c1-27(18-13-5-6-23-17(13)24-10-25-18)12-7-11(8-12)9-29-14-3-4-15(28-2)26-16(14)19(20,21)22/h3-6,10-12H,7-9H2,1-2H3,(H,23,24,25). The Morgan fingerprint density at radius 1 is 1.24 bits per heavy atom. The van der Waals surface area contributed by atoms with Gasteiger partial charge in [-0.3, -0.25) is 0 Å². The predicted molar refractivity (Wildman–Crippen MR) is 105 cm³/mol. The lowest BCUT2D eigenvalue weighted by atomic mass is 9.81. The smallest absolute Gasteiger partial charge is 0.434 e. The number of pyridine rings is 1. The maximum Gasteiger partial charge on any atom is 0.434 e. The number of aromatic amines is 1. The van der Waals surface area contributed by atoms with Crippen molar-refractivity contribution in [3.05, 3.63) is 36.4 Å². The Labute approximate surface area is 169 Å². The fraction of sp³-hybridized carbons (Fsp3) is 0.421. The second kappa shape index (κ2) is 7.74. The van der Waals surface area contributed by atoms with Crippen LogP contribution in [0, 0.1) is 5.92 Å². The van der Waals surface area contributed by atoms with Gasteiger partial charge in [-0.05, 0) is 30.9 Å². The minimum atomic E-state index is -4.51. The molecule has 10 heteroatoms. The number of thioether (sulfide) groups is 1. The molecule has 0 bridgehead atoms. The predicted octanol–water partition coefficient (Wildman–Crippen LogP) is 4.39. The fourth-order valence-electron chi connectivity index (χ4n) is 3.53. The number of nitrogens with one attached hydrogen (secondary N) is 1. The van der Waals surface area contributed by atoms with Crippen molar-refractivity contribution in [2.24, 2.45) is 5.92 Å². The van der Waals surface area contributed by atoms with Crippen LogP contribution < -0.4 is 9.64 Å². The average molecular weight is 423 g/mol. The van der Waals surface area contributed by atoms with E-state index in [1.807, 2.05) is 19.3 Å². The highest BCUT2D eigenvalue weighted by atomic mass is 32.2. The molecule has 154 valence electrons. The maximum atomic E-state index is 13.3. The van der Waals surface area contributed by atoms with Crippen LogP contribution in [-0.2, 0) is 6.18 Å². The zero-order chi connectivity index (χ0) is 20.6. The van der Waals surface area contributed by atoms with Gasteiger partial charge in [0.05, 0.1) is 12.5 Å². The molecule has 4 rings (SSSR count). The normalized spacial score (nSPS) is 19.2. The summed E-state index contributed by atoms with van der Waals surface area (Å²) in [6.07, 6.45) is 0.674. The number of rotatable bonds is 6. The van der Waals surface area contributed by atoms with Gasteiger partial charge in [-0.1, -0.05) is 0 Å². The van der Waals surface area contributed by atoms with Gasteiger partial charge in [0.1, 0.15) is 17.8 Å². The van der Waals surface area contributed by atoms with E-state index in [4.69, 9.17) is 4.74 Å². The maximum absolute atomic E-state index is 13.3. The summed E-state index contributed by atoms with van der Waals surface area (Å²) < 4.78 is 44.7. The molecule has 0 unspecified atom stereocenters. The number of methoxy groups -OCH3 is 1. The highest BCUT2D eigenvalue weighted by molar-refractivity contribution is 7.99. The van der Waals surface area contributed by atoms with Gasteiger partial charge in [-0.2, -0.15) is 13.2 Å². The molecule has 1 aliphatic rings. The van der Waals surface area contributed by atoms with Gasteiger partial charge >= 0.3 is 6.18 Å². The fourth-order valence-corrected chi connectivity index (χ4v) is 4.68. The topological polar surface area (TPSA) is 66.9 Å². The lowest BCUT2D eigenvalue weighted by Crippen LogP contribution is -2.43. The first-order valence-corrected chi connectivity index (χ1v) is 10.1. The Kier molecular flexibility index (Phi) is 5.28. The lowest BCUT2D eigenvalue weighted by Gasteiger charge is -2.41. The van der Waals surface area contributed by atoms with Crippen molar-refractivity contribution in [2.45, 2.75) is 30.0 Å². The van der Waals surface area contributed by atoms with Gasteiger partial charge in [0.25, 0.3) is 0 Å². The quantitative estimate of drug-likeness (QED) is 0.594. The molecule has 29 heavy (non-hydrogen) atoms. The van der Waals surface area contributed by atoms with E-state index in [1.165, 1.54) is 37.3 Å². The van der Waals surface area contributed by atoms with Crippen LogP contribution in [0.3, 0.4) is 0 Å². The van der Waals surface area contributed by atoms with E-state index < -0.39 is 11.9 Å². The van der Waals surface area contributed by atoms with Crippen molar-refractivity contribution >= 4 is 28.6 Å². The van der Waals surface area contributed by atoms with Crippen LogP contribution in [0.25, 0.3) is 11.0 Å². The van der Waals surface area contributed by atoms with Gasteiger partial charge in [-0.25, -0.2) is 15.0 Å². The minimum Gasteiger partial charge on any atom is -0.481 e. The molecular weight excluding hydrogens is 403 g/mol. The van der Waals surface area contributed by atoms with Crippen LogP contribution >= 0.6 is 11.8 Å². The van der Waals surface area contributed by atoms with E-state index in [-0.39, 0.29) is 10.8 Å². The number of halogens is 3. The number of ether oxygens (including phenoxy) is 1. The number of fused-ring (bicyclic) bond motifs is 1. The molecule has 3 aromatic heterocycles. The van der Waals surface area contributed by atoms with E-state index >= 15 is 0 Å². The van der Waals surface area contributed by atoms with Crippen LogP contribution in [0.5, 0.6) is 5.88 Å². The average Bonchev–Trinajstić information content (AvgIpc) is 3.14. The van der Waals surface area contributed by atoms with Crippen LogP contribution in [-0.4, -0.2) is 45.9 Å². The number of aromatic nitrogens is 4. The molecule has 1 fully saturated rings. The molecule has 3 aromatic rings. The summed E-state index contributed by atoms with van der Waals surface area (Å²) >= 11 is 1.20. The first kappa shape index (κ1) is 19.8. The van der Waals surface area contributed by atoms with Crippen LogP contribution in [0.1, 0.15) is 18.5 Å². The molecular formula is C19H20F3N5OS. The van der Waals surface area contributed by atoms with Crippen molar-refractivity contribution in [2.75, 3.05) is 24.8 Å². The van der Waals surface area contributed by atoms with E-state index in [1.54, 1.807) is 0 Å². The summed E-state index contributed by atoms with van der Waals surface area (Å²) in [4.78, 5) is 17.5. The Bertz CT molecular complexity index is 1000. The van der Waals surface area contributed by atoms with E-state index in [0.717, 1.165) is 29.7 Å². The largest absolute Gasteiger partial charge is 0.481 e. The van der Waals surface area contributed by atoms with Gasteiger partial charge in [-0.15, -0.1) is 11.8 Å². The van der Waals surface area contributed by atoms with Crippen molar-refractivity contribution in [3.63, 3.8) is 0 Å². The zero-order valence-corrected chi connectivity index (χ0v) is 16.7. The van der Waals surface area contributed by atoms with Crippen LogP contribution in [0.2, 0.25) is 0 Å². The Hall–Kier alpha value is -2.49. The third-order valence-electron chi connectivity index (χ3n) is 5.21. The molecule has 0 radical (unpaired) electrons. The van der Waals surface area contributed by atoms with Crippen LogP contribution in [0.15, 0.2) is 35.6 Å². The Morgan fingerprint density at radius 2 is 2.03 bits per heavy atom. The van der Waals surface area contributed by atoms with E-state index in [9.17, 15) is 13.2 Å². The van der Waals surface area contributed by atoms with Crippen LogP contribution in [0.4, 0.5) is 19.0 Å². The van der Waals surface area contributed by atoms with Gasteiger partial charge < -0.3 is 14.6 Å². The molecule has 0 aromatic carbocycles. The number of alkyl halides is 3. The number of hydrogen-bond acceptors (Lipinski definition) is 6. The number of hydrogen-bond donors (Lipinski definition) is 1. The second-order valence-corrected chi connectivity index (χ2v) is 8.11. The summed E-state index contributed by atoms with van der Waals surface area (Å²) in [7, 11) is 3.30. The summed E-state index contributed by atoms with van der Waals surface area (Å²) in [5.74, 6) is 1.79. The van der Waals surface area contributed by atoms with Gasteiger partial charge in [0.15, 0.2) is 5.69 Å². The number of H-pyrrole nitrogens is 1. The second-order valence-electron chi connectivity index (χ2n) is 7.05. The first-order chi connectivity index (χ1) is 13.9. The highest BCUT2D eigenvalue weighted by Gasteiger charge is 2.37. The monoisotopic (exact) mass is 423 g/mol. The van der Waals surface area contributed by atoms with Crippen molar-refractivity contribution < 1.29 is 17.9 Å². The highest BCUT2D eigenvalue weighted by Crippen LogP contribution is 2.41. The summed E-state index contributed by atoms with van der Waals surface area (Å²) in [5, 5.41) is 0.965. The molecule has 0 aliphatic heterocycles. The van der Waals surface area contributed by atoms with Gasteiger partial charge in [0, 0.05) is 36.0 Å². The van der Waals surface area contributed by atoms with Crippen molar-refractivity contribution in [1.29, 1.82) is 0 Å². The van der Waals surface area contributed by atoms with Crippen molar-refractivity contribution in [1.82, 2.24) is 19.9 Å².